The average molecular weight is 360 g/mol. The number of carbonyl (C=O) groups is 2. The summed E-state index contributed by atoms with van der Waals surface area (Å²) in [5.74, 6) is -0.819. The van der Waals surface area contributed by atoms with Crippen molar-refractivity contribution < 1.29 is 14.3 Å². The summed E-state index contributed by atoms with van der Waals surface area (Å²) >= 11 is 1.31. The second-order valence-electron chi connectivity index (χ2n) is 5.98. The zero-order chi connectivity index (χ0) is 18.4. The molecule has 0 radical (unpaired) electrons. The molecule has 0 bridgehead atoms. The molecule has 1 heterocycles. The molecule has 5 nitrogen and oxygen atoms in total. The number of hydrogen-bond donors (Lipinski definition) is 1. The van der Waals surface area contributed by atoms with Gasteiger partial charge in [0, 0.05) is 24.0 Å². The van der Waals surface area contributed by atoms with Crippen LogP contribution in [0.5, 0.6) is 0 Å². The number of nitrogens with one attached hydrogen (secondary N) is 1. The van der Waals surface area contributed by atoms with Gasteiger partial charge in [0.1, 0.15) is 4.88 Å². The lowest BCUT2D eigenvalue weighted by molar-refractivity contribution is -0.119. The molecular weight excluding hydrogens is 336 g/mol. The van der Waals surface area contributed by atoms with Crippen molar-refractivity contribution in [2.24, 2.45) is 0 Å². The molecule has 0 saturated heterocycles. The van der Waals surface area contributed by atoms with E-state index in [1.54, 1.807) is 0 Å². The summed E-state index contributed by atoms with van der Waals surface area (Å²) < 4.78 is 5.06. The first-order valence-corrected chi connectivity index (χ1v) is 9.18. The van der Waals surface area contributed by atoms with Gasteiger partial charge in [-0.3, -0.25) is 4.79 Å². The zero-order valence-corrected chi connectivity index (χ0v) is 15.9. The molecule has 0 aliphatic heterocycles. The van der Waals surface area contributed by atoms with Crippen LogP contribution >= 0.6 is 11.3 Å². The summed E-state index contributed by atoms with van der Waals surface area (Å²) in [5.41, 5.74) is 2.64. The molecule has 25 heavy (non-hydrogen) atoms. The maximum atomic E-state index is 12.0. The first-order valence-electron chi connectivity index (χ1n) is 8.30. The molecule has 1 aromatic heterocycles. The van der Waals surface area contributed by atoms with Crippen LogP contribution in [0.1, 0.15) is 36.0 Å². The Morgan fingerprint density at radius 3 is 2.40 bits per heavy atom. The number of rotatable bonds is 7. The molecule has 1 N–H and O–H groups in total. The third-order valence-corrected chi connectivity index (χ3v) is 4.83. The molecule has 1 amide bonds. The molecule has 1 aromatic carbocycles. The van der Waals surface area contributed by atoms with Crippen molar-refractivity contribution in [3.63, 3.8) is 0 Å². The van der Waals surface area contributed by atoms with E-state index in [1.165, 1.54) is 11.3 Å². The molecule has 0 saturated carbocycles. The number of hydrogen-bond acceptors (Lipinski definition) is 5. The van der Waals surface area contributed by atoms with Gasteiger partial charge in [-0.2, -0.15) is 0 Å². The average Bonchev–Trinajstić information content (AvgIpc) is 3.00. The molecule has 2 aromatic rings. The summed E-state index contributed by atoms with van der Waals surface area (Å²) in [4.78, 5) is 26.7. The monoisotopic (exact) mass is 360 g/mol. The van der Waals surface area contributed by atoms with Gasteiger partial charge in [-0.1, -0.05) is 0 Å². The van der Waals surface area contributed by atoms with Crippen LogP contribution in [0.3, 0.4) is 0 Å². The van der Waals surface area contributed by atoms with Crippen molar-refractivity contribution in [3.8, 4) is 0 Å². The standard InChI is InChI=1S/C19H24N2O3S/c1-5-21(13(2)3)16-8-6-15(7-9-16)20-17(22)12-24-19(23)18-14(4)10-11-25-18/h6-11,13H,5,12H2,1-4H3,(H,20,22). The summed E-state index contributed by atoms with van der Waals surface area (Å²) in [5, 5.41) is 4.56. The highest BCUT2D eigenvalue weighted by Crippen LogP contribution is 2.20. The van der Waals surface area contributed by atoms with Gasteiger partial charge < -0.3 is 15.0 Å². The molecule has 0 atom stereocenters. The fourth-order valence-electron chi connectivity index (χ4n) is 2.56. The highest BCUT2D eigenvalue weighted by Gasteiger charge is 2.14. The van der Waals surface area contributed by atoms with E-state index in [0.717, 1.165) is 17.8 Å². The largest absolute Gasteiger partial charge is 0.451 e. The van der Waals surface area contributed by atoms with E-state index in [4.69, 9.17) is 4.74 Å². The number of anilines is 2. The Bertz CT molecular complexity index is 723. The van der Waals surface area contributed by atoms with E-state index >= 15 is 0 Å². The maximum absolute atomic E-state index is 12.0. The second-order valence-corrected chi connectivity index (χ2v) is 6.90. The molecule has 0 aliphatic carbocycles. The lowest BCUT2D eigenvalue weighted by atomic mass is 10.2. The normalized spacial score (nSPS) is 10.6. The van der Waals surface area contributed by atoms with Gasteiger partial charge in [0.05, 0.1) is 0 Å². The van der Waals surface area contributed by atoms with Gasteiger partial charge in [0.25, 0.3) is 5.91 Å². The van der Waals surface area contributed by atoms with Crippen molar-refractivity contribution in [2.45, 2.75) is 33.7 Å². The van der Waals surface area contributed by atoms with Crippen LogP contribution in [0, 0.1) is 6.92 Å². The summed E-state index contributed by atoms with van der Waals surface area (Å²) in [6, 6.07) is 9.90. The lowest BCUT2D eigenvalue weighted by Crippen LogP contribution is -2.30. The van der Waals surface area contributed by atoms with E-state index in [1.807, 2.05) is 42.6 Å². The van der Waals surface area contributed by atoms with Crippen molar-refractivity contribution in [1.29, 1.82) is 0 Å². The Kier molecular flexibility index (Phi) is 6.58. The number of thiophene rings is 1. The number of carbonyl (C=O) groups excluding carboxylic acids is 2. The van der Waals surface area contributed by atoms with Crippen LogP contribution in [0.4, 0.5) is 11.4 Å². The van der Waals surface area contributed by atoms with E-state index in [2.05, 4.69) is 31.0 Å². The number of benzene rings is 1. The molecule has 6 heteroatoms. The Labute approximate surface area is 152 Å². The highest BCUT2D eigenvalue weighted by atomic mass is 32.1. The Morgan fingerprint density at radius 1 is 1.20 bits per heavy atom. The molecule has 0 unspecified atom stereocenters. The van der Waals surface area contributed by atoms with Gasteiger partial charge in [-0.05, 0) is 69.0 Å². The Hall–Kier alpha value is -2.34. The van der Waals surface area contributed by atoms with E-state index in [0.29, 0.717) is 16.6 Å². The number of amides is 1. The quantitative estimate of drug-likeness (QED) is 0.756. The third kappa shape index (κ3) is 5.06. The minimum absolute atomic E-state index is 0.301. The number of nitrogens with zero attached hydrogens (tertiary/aromatic N) is 1. The van der Waals surface area contributed by atoms with Crippen LogP contribution in [0.2, 0.25) is 0 Å². The molecule has 134 valence electrons. The first-order chi connectivity index (χ1) is 11.9. The van der Waals surface area contributed by atoms with Crippen molar-refractivity contribution in [3.05, 3.63) is 46.2 Å². The van der Waals surface area contributed by atoms with Gasteiger partial charge in [-0.15, -0.1) is 11.3 Å². The van der Waals surface area contributed by atoms with Gasteiger partial charge in [0.2, 0.25) is 0 Å². The van der Waals surface area contributed by atoms with Crippen LogP contribution in [0.15, 0.2) is 35.7 Å². The van der Waals surface area contributed by atoms with Crippen LogP contribution in [-0.4, -0.2) is 31.1 Å². The van der Waals surface area contributed by atoms with Crippen LogP contribution in [0.25, 0.3) is 0 Å². The van der Waals surface area contributed by atoms with Gasteiger partial charge >= 0.3 is 5.97 Å². The van der Waals surface area contributed by atoms with E-state index in [-0.39, 0.29) is 12.5 Å². The molecule has 0 spiro atoms. The predicted molar refractivity (Wildman–Crippen MR) is 103 cm³/mol. The Morgan fingerprint density at radius 2 is 1.88 bits per heavy atom. The fourth-order valence-corrected chi connectivity index (χ4v) is 3.38. The van der Waals surface area contributed by atoms with E-state index in [9.17, 15) is 9.59 Å². The SMILES string of the molecule is CCN(c1ccc(NC(=O)COC(=O)c2sccc2C)cc1)C(C)C. The molecule has 0 aliphatic rings. The second kappa shape index (κ2) is 8.67. The molecule has 0 fully saturated rings. The van der Waals surface area contributed by atoms with E-state index < -0.39 is 5.97 Å². The van der Waals surface area contributed by atoms with Gasteiger partial charge in [-0.25, -0.2) is 4.79 Å². The minimum atomic E-state index is -0.464. The lowest BCUT2D eigenvalue weighted by Gasteiger charge is -2.27. The van der Waals surface area contributed by atoms with Crippen molar-refractivity contribution in [1.82, 2.24) is 0 Å². The summed E-state index contributed by atoms with van der Waals surface area (Å²) in [6.07, 6.45) is 0. The zero-order valence-electron chi connectivity index (χ0n) is 15.0. The van der Waals surface area contributed by atoms with Crippen LogP contribution < -0.4 is 10.2 Å². The predicted octanol–water partition coefficient (Wildman–Crippen LogP) is 4.09. The summed E-state index contributed by atoms with van der Waals surface area (Å²) in [7, 11) is 0. The van der Waals surface area contributed by atoms with Crippen molar-refractivity contribution in [2.75, 3.05) is 23.4 Å². The third-order valence-electron chi connectivity index (χ3n) is 3.83. The fraction of sp³-hybridized carbons (Fsp3) is 0.368. The number of ether oxygens (including phenoxy) is 1. The number of esters is 1. The molecule has 2 rings (SSSR count). The number of aryl methyl sites for hydroxylation is 1. The summed E-state index contributed by atoms with van der Waals surface area (Å²) in [6.45, 7) is 8.85. The van der Waals surface area contributed by atoms with Crippen molar-refractivity contribution >= 4 is 34.6 Å². The topological polar surface area (TPSA) is 58.6 Å². The van der Waals surface area contributed by atoms with Gasteiger partial charge in [0.15, 0.2) is 6.61 Å². The van der Waals surface area contributed by atoms with Crippen LogP contribution in [-0.2, 0) is 9.53 Å². The smallest absolute Gasteiger partial charge is 0.349 e. The minimum Gasteiger partial charge on any atom is -0.451 e. The molecular formula is C19H24N2O3S. The maximum Gasteiger partial charge on any atom is 0.349 e. The Balaban J connectivity index is 1.88. The highest BCUT2D eigenvalue weighted by molar-refractivity contribution is 7.12. The first kappa shape index (κ1) is 19.0.